The van der Waals surface area contributed by atoms with E-state index in [-0.39, 0.29) is 0 Å². The molecule has 7 heteroatoms. The fraction of sp³-hybridized carbons (Fsp3) is 0.200. The largest absolute Gasteiger partial charge is 0.493 e. The molecule has 0 fully saturated rings. The van der Waals surface area contributed by atoms with Gasteiger partial charge in [-0.05, 0) is 34.5 Å². The third kappa shape index (κ3) is 5.08. The van der Waals surface area contributed by atoms with E-state index in [0.717, 1.165) is 32.8 Å². The summed E-state index contributed by atoms with van der Waals surface area (Å²) >= 11 is 5.07. The highest BCUT2D eigenvalue weighted by Gasteiger charge is 2.09. The molecular weight excluding hydrogens is 426 g/mol. The van der Waals surface area contributed by atoms with Crippen LogP contribution in [0.4, 0.5) is 5.13 Å². The van der Waals surface area contributed by atoms with Crippen LogP contribution in [0.15, 0.2) is 57.4 Å². The molecule has 1 heterocycles. The lowest BCUT2D eigenvalue weighted by molar-refractivity contribution is 0.294. The zero-order valence-electron chi connectivity index (χ0n) is 15.1. The smallest absolute Gasteiger partial charge is 0.203 e. The van der Waals surface area contributed by atoms with Gasteiger partial charge in [0.2, 0.25) is 5.13 Å². The number of ether oxygens (including phenoxy) is 2. The van der Waals surface area contributed by atoms with Crippen molar-refractivity contribution >= 4 is 38.6 Å². The van der Waals surface area contributed by atoms with Crippen molar-refractivity contribution in [3.8, 4) is 22.8 Å². The van der Waals surface area contributed by atoms with Gasteiger partial charge < -0.3 is 9.47 Å². The first-order chi connectivity index (χ1) is 13.2. The summed E-state index contributed by atoms with van der Waals surface area (Å²) in [5, 5.41) is 7.03. The van der Waals surface area contributed by atoms with Crippen molar-refractivity contribution < 1.29 is 9.47 Å². The standard InChI is InChI=1S/C20H20BrN3O2S/c1-3-9-26-19-11-16(21)15(10-18(19)25-2)12-22-24-20-23-17(13-27-20)14-7-5-4-6-8-14/h4-8,10-13H,3,9H2,1-2H3,(H,23,24). The maximum atomic E-state index is 5.71. The van der Waals surface area contributed by atoms with Gasteiger partial charge >= 0.3 is 0 Å². The molecule has 5 nitrogen and oxygen atoms in total. The molecule has 3 rings (SSSR count). The van der Waals surface area contributed by atoms with Gasteiger partial charge in [-0.3, -0.25) is 5.43 Å². The molecule has 0 amide bonds. The van der Waals surface area contributed by atoms with Gasteiger partial charge in [0.05, 0.1) is 25.6 Å². The molecule has 3 aromatic rings. The summed E-state index contributed by atoms with van der Waals surface area (Å²) in [6.07, 6.45) is 2.66. The molecule has 0 aliphatic heterocycles. The second kappa shape index (κ2) is 9.53. The van der Waals surface area contributed by atoms with Gasteiger partial charge in [0.25, 0.3) is 0 Å². The Labute approximate surface area is 171 Å². The quantitative estimate of drug-likeness (QED) is 0.350. The molecule has 1 N–H and O–H groups in total. The maximum Gasteiger partial charge on any atom is 0.203 e. The zero-order valence-corrected chi connectivity index (χ0v) is 17.5. The van der Waals surface area contributed by atoms with Gasteiger partial charge in [0.15, 0.2) is 11.5 Å². The lowest BCUT2D eigenvalue weighted by Crippen LogP contribution is -1.99. The molecule has 0 radical (unpaired) electrons. The summed E-state index contributed by atoms with van der Waals surface area (Å²) in [5.41, 5.74) is 5.87. The number of anilines is 1. The van der Waals surface area contributed by atoms with Crippen molar-refractivity contribution in [2.45, 2.75) is 13.3 Å². The van der Waals surface area contributed by atoms with Crippen molar-refractivity contribution in [2.24, 2.45) is 5.10 Å². The lowest BCUT2D eigenvalue weighted by atomic mass is 10.2. The first-order valence-electron chi connectivity index (χ1n) is 8.51. The Morgan fingerprint density at radius 1 is 1.22 bits per heavy atom. The van der Waals surface area contributed by atoms with Gasteiger partial charge in [0.1, 0.15) is 0 Å². The van der Waals surface area contributed by atoms with Crippen LogP contribution in [0.5, 0.6) is 11.5 Å². The van der Waals surface area contributed by atoms with Gasteiger partial charge in [-0.15, -0.1) is 11.3 Å². The van der Waals surface area contributed by atoms with Crippen LogP contribution in [-0.4, -0.2) is 24.9 Å². The fourth-order valence-electron chi connectivity index (χ4n) is 2.36. The topological polar surface area (TPSA) is 55.7 Å². The van der Waals surface area contributed by atoms with Gasteiger partial charge in [0, 0.05) is 21.0 Å². The van der Waals surface area contributed by atoms with Crippen molar-refractivity contribution in [1.29, 1.82) is 0 Å². The Kier molecular flexibility index (Phi) is 6.84. The van der Waals surface area contributed by atoms with Crippen molar-refractivity contribution in [1.82, 2.24) is 4.98 Å². The molecule has 0 bridgehead atoms. The molecule has 0 spiro atoms. The zero-order chi connectivity index (χ0) is 19.1. The molecule has 0 unspecified atom stereocenters. The average molecular weight is 446 g/mol. The summed E-state index contributed by atoms with van der Waals surface area (Å²) in [6.45, 7) is 2.71. The summed E-state index contributed by atoms with van der Waals surface area (Å²) in [7, 11) is 1.63. The van der Waals surface area contributed by atoms with Crippen LogP contribution in [0.1, 0.15) is 18.9 Å². The third-order valence-electron chi connectivity index (χ3n) is 3.68. The van der Waals surface area contributed by atoms with Crippen LogP contribution < -0.4 is 14.9 Å². The number of rotatable bonds is 8. The van der Waals surface area contributed by atoms with E-state index in [2.05, 4.69) is 38.4 Å². The van der Waals surface area contributed by atoms with Gasteiger partial charge in [-0.25, -0.2) is 4.98 Å². The number of thiazole rings is 1. The second-order valence-electron chi connectivity index (χ2n) is 5.65. The normalized spacial score (nSPS) is 10.9. The number of benzene rings is 2. The molecule has 0 saturated carbocycles. The van der Waals surface area contributed by atoms with E-state index in [1.807, 2.05) is 47.8 Å². The molecule has 0 saturated heterocycles. The Morgan fingerprint density at radius 3 is 2.78 bits per heavy atom. The van der Waals surface area contributed by atoms with Crippen LogP contribution in [0.25, 0.3) is 11.3 Å². The molecule has 2 aromatic carbocycles. The van der Waals surface area contributed by atoms with Crippen molar-refractivity contribution in [2.75, 3.05) is 19.1 Å². The SMILES string of the molecule is CCCOc1cc(Br)c(C=NNc2nc(-c3ccccc3)cs2)cc1OC. The molecular formula is C20H20BrN3O2S. The number of halogens is 1. The van der Waals surface area contributed by atoms with Gasteiger partial charge in [-0.1, -0.05) is 37.3 Å². The molecule has 0 aliphatic rings. The van der Waals surface area contributed by atoms with Crippen LogP contribution >= 0.6 is 27.3 Å². The summed E-state index contributed by atoms with van der Waals surface area (Å²) in [5.74, 6) is 1.39. The van der Waals surface area contributed by atoms with Gasteiger partial charge in [-0.2, -0.15) is 5.10 Å². The predicted molar refractivity (Wildman–Crippen MR) is 115 cm³/mol. The first kappa shape index (κ1) is 19.4. The minimum absolute atomic E-state index is 0.644. The average Bonchev–Trinajstić information content (AvgIpc) is 3.17. The Bertz CT molecular complexity index is 913. The molecule has 140 valence electrons. The minimum Gasteiger partial charge on any atom is -0.493 e. The van der Waals surface area contributed by atoms with Crippen LogP contribution in [-0.2, 0) is 0 Å². The number of aromatic nitrogens is 1. The van der Waals surface area contributed by atoms with E-state index in [0.29, 0.717) is 18.1 Å². The number of methoxy groups -OCH3 is 1. The number of nitrogens with one attached hydrogen (secondary N) is 1. The van der Waals surface area contributed by atoms with E-state index < -0.39 is 0 Å². The Morgan fingerprint density at radius 2 is 2.04 bits per heavy atom. The minimum atomic E-state index is 0.644. The highest BCUT2D eigenvalue weighted by molar-refractivity contribution is 9.10. The van der Waals surface area contributed by atoms with Crippen LogP contribution in [0.2, 0.25) is 0 Å². The molecule has 0 aliphatic carbocycles. The fourth-order valence-corrected chi connectivity index (χ4v) is 3.45. The predicted octanol–water partition coefficient (Wildman–Crippen LogP) is 5.82. The van der Waals surface area contributed by atoms with Crippen molar-refractivity contribution in [3.63, 3.8) is 0 Å². The summed E-state index contributed by atoms with van der Waals surface area (Å²) < 4.78 is 12.0. The monoisotopic (exact) mass is 445 g/mol. The number of hydrogen-bond acceptors (Lipinski definition) is 6. The van der Waals surface area contributed by atoms with E-state index in [4.69, 9.17) is 9.47 Å². The first-order valence-corrected chi connectivity index (χ1v) is 10.2. The number of hydrazone groups is 1. The maximum absolute atomic E-state index is 5.71. The molecule has 0 atom stereocenters. The highest BCUT2D eigenvalue weighted by atomic mass is 79.9. The van der Waals surface area contributed by atoms with E-state index in [1.54, 1.807) is 13.3 Å². The molecule has 1 aromatic heterocycles. The second-order valence-corrected chi connectivity index (χ2v) is 7.36. The van der Waals surface area contributed by atoms with Crippen LogP contribution in [0, 0.1) is 0 Å². The van der Waals surface area contributed by atoms with Crippen LogP contribution in [0.3, 0.4) is 0 Å². The highest BCUT2D eigenvalue weighted by Crippen LogP contribution is 2.33. The molecule has 27 heavy (non-hydrogen) atoms. The summed E-state index contributed by atoms with van der Waals surface area (Å²) in [4.78, 5) is 4.55. The Balaban J connectivity index is 1.70. The van der Waals surface area contributed by atoms with Crippen molar-refractivity contribution in [3.05, 3.63) is 57.9 Å². The summed E-state index contributed by atoms with van der Waals surface area (Å²) in [6, 6.07) is 13.8. The lowest BCUT2D eigenvalue weighted by Gasteiger charge is -2.11. The van der Waals surface area contributed by atoms with E-state index in [9.17, 15) is 0 Å². The number of hydrogen-bond donors (Lipinski definition) is 1. The van der Waals surface area contributed by atoms with E-state index >= 15 is 0 Å². The van der Waals surface area contributed by atoms with E-state index in [1.165, 1.54) is 11.3 Å². The third-order valence-corrected chi connectivity index (χ3v) is 5.12. The Hall–Kier alpha value is -2.38. The number of nitrogens with zero attached hydrogens (tertiary/aromatic N) is 2.